The Hall–Kier alpha value is -1.14. The summed E-state index contributed by atoms with van der Waals surface area (Å²) >= 11 is 1.68. The minimum Gasteiger partial charge on any atom is -0.395 e. The number of thiazole rings is 1. The van der Waals surface area contributed by atoms with E-state index in [9.17, 15) is 4.79 Å². The number of aromatic nitrogens is 1. The molecule has 0 unspecified atom stereocenters. The van der Waals surface area contributed by atoms with Gasteiger partial charge in [-0.2, -0.15) is 0 Å². The van der Waals surface area contributed by atoms with Crippen molar-refractivity contribution in [3.63, 3.8) is 0 Å². The summed E-state index contributed by atoms with van der Waals surface area (Å²) in [5.74, 6) is 0. The number of carbonyl (C=O) groups excluding carboxylic acids is 1. The fourth-order valence-corrected chi connectivity index (χ4v) is 2.84. The van der Waals surface area contributed by atoms with Crippen molar-refractivity contribution >= 4 is 17.4 Å². The Morgan fingerprint density at radius 1 is 1.42 bits per heavy atom. The molecule has 6 heteroatoms. The van der Waals surface area contributed by atoms with E-state index in [-0.39, 0.29) is 12.6 Å². The summed E-state index contributed by atoms with van der Waals surface area (Å²) in [4.78, 5) is 19.1. The Bertz CT molecular complexity index is 401. The topological polar surface area (TPSA) is 65.5 Å². The molecular formula is C13H23N3O2S. The van der Waals surface area contributed by atoms with Crippen molar-refractivity contribution in [1.29, 1.82) is 0 Å². The second kappa shape index (κ2) is 8.12. The second-order valence-electron chi connectivity index (χ2n) is 4.43. The molecule has 1 aromatic rings. The van der Waals surface area contributed by atoms with Crippen LogP contribution >= 0.6 is 11.3 Å². The molecule has 1 aromatic heterocycles. The monoisotopic (exact) mass is 285 g/mol. The number of aliphatic hydroxyl groups is 1. The van der Waals surface area contributed by atoms with Crippen LogP contribution in [0.2, 0.25) is 0 Å². The normalized spacial score (nSPS) is 10.5. The van der Waals surface area contributed by atoms with Crippen LogP contribution < -0.4 is 5.32 Å². The van der Waals surface area contributed by atoms with Gasteiger partial charge in [0, 0.05) is 30.9 Å². The van der Waals surface area contributed by atoms with E-state index in [1.165, 1.54) is 4.88 Å². The van der Waals surface area contributed by atoms with E-state index < -0.39 is 0 Å². The van der Waals surface area contributed by atoms with E-state index in [2.05, 4.69) is 10.3 Å². The number of nitrogens with zero attached hydrogens (tertiary/aromatic N) is 2. The second-order valence-corrected chi connectivity index (χ2v) is 5.72. The molecule has 2 N–H and O–H groups in total. The Labute approximate surface area is 118 Å². The zero-order chi connectivity index (χ0) is 14.3. The van der Waals surface area contributed by atoms with Gasteiger partial charge in [0.2, 0.25) is 0 Å². The molecule has 0 spiro atoms. The summed E-state index contributed by atoms with van der Waals surface area (Å²) in [6.45, 7) is 7.66. The van der Waals surface area contributed by atoms with Gasteiger partial charge >= 0.3 is 6.03 Å². The fourth-order valence-electron chi connectivity index (χ4n) is 1.91. The Kier molecular flexibility index (Phi) is 6.80. The number of urea groups is 1. The Balaban J connectivity index is 2.38. The maximum atomic E-state index is 11.9. The van der Waals surface area contributed by atoms with E-state index in [4.69, 9.17) is 5.11 Å². The van der Waals surface area contributed by atoms with Crippen molar-refractivity contribution in [2.24, 2.45) is 0 Å². The number of hydrogen-bond acceptors (Lipinski definition) is 4. The van der Waals surface area contributed by atoms with Crippen molar-refractivity contribution in [2.45, 2.75) is 33.6 Å². The van der Waals surface area contributed by atoms with Gasteiger partial charge in [0.25, 0.3) is 0 Å². The minimum absolute atomic E-state index is 0.000563. The first-order valence-electron chi connectivity index (χ1n) is 6.65. The first-order valence-corrected chi connectivity index (χ1v) is 7.46. The van der Waals surface area contributed by atoms with Crippen LogP contribution in [0.5, 0.6) is 0 Å². The quantitative estimate of drug-likeness (QED) is 0.801. The van der Waals surface area contributed by atoms with Crippen molar-refractivity contribution in [2.75, 3.05) is 26.2 Å². The van der Waals surface area contributed by atoms with Crippen LogP contribution in [-0.4, -0.2) is 47.3 Å². The molecule has 0 bridgehead atoms. The lowest BCUT2D eigenvalue weighted by Crippen LogP contribution is -2.42. The van der Waals surface area contributed by atoms with Crippen molar-refractivity contribution in [1.82, 2.24) is 15.2 Å². The van der Waals surface area contributed by atoms with Gasteiger partial charge in [-0.05, 0) is 20.3 Å². The Morgan fingerprint density at radius 3 is 2.68 bits per heavy atom. The predicted molar refractivity (Wildman–Crippen MR) is 77.6 cm³/mol. The van der Waals surface area contributed by atoms with Crippen molar-refractivity contribution in [3.8, 4) is 0 Å². The van der Waals surface area contributed by atoms with Crippen LogP contribution in [0.25, 0.3) is 0 Å². The maximum absolute atomic E-state index is 11.9. The SMILES string of the molecule is CCCN(CCO)C(=O)NCCc1sc(C)nc1C. The number of rotatable bonds is 7. The lowest BCUT2D eigenvalue weighted by Gasteiger charge is -2.21. The summed E-state index contributed by atoms with van der Waals surface area (Å²) in [7, 11) is 0. The first kappa shape index (κ1) is 15.9. The van der Waals surface area contributed by atoms with Gasteiger partial charge in [0.05, 0.1) is 17.3 Å². The van der Waals surface area contributed by atoms with Gasteiger partial charge in [-0.3, -0.25) is 0 Å². The number of aliphatic hydroxyl groups excluding tert-OH is 1. The average molecular weight is 285 g/mol. The van der Waals surface area contributed by atoms with Crippen LogP contribution in [0.4, 0.5) is 4.79 Å². The van der Waals surface area contributed by atoms with Crippen molar-refractivity contribution < 1.29 is 9.90 Å². The number of carbonyl (C=O) groups is 1. The average Bonchev–Trinajstić information content (AvgIpc) is 2.67. The zero-order valence-electron chi connectivity index (χ0n) is 11.9. The summed E-state index contributed by atoms with van der Waals surface area (Å²) in [6, 6.07) is -0.102. The molecule has 0 radical (unpaired) electrons. The van der Waals surface area contributed by atoms with Crippen LogP contribution in [0.15, 0.2) is 0 Å². The highest BCUT2D eigenvalue weighted by Gasteiger charge is 2.11. The molecule has 0 aromatic carbocycles. The third-order valence-electron chi connectivity index (χ3n) is 2.78. The lowest BCUT2D eigenvalue weighted by atomic mass is 10.3. The van der Waals surface area contributed by atoms with Gasteiger partial charge in [-0.1, -0.05) is 6.92 Å². The molecule has 0 aliphatic heterocycles. The van der Waals surface area contributed by atoms with Gasteiger partial charge in [0.15, 0.2) is 0 Å². The van der Waals surface area contributed by atoms with Crippen LogP contribution in [0, 0.1) is 13.8 Å². The number of nitrogens with one attached hydrogen (secondary N) is 1. The molecule has 2 amide bonds. The number of aryl methyl sites for hydroxylation is 2. The minimum atomic E-state index is -0.102. The third kappa shape index (κ3) is 5.16. The molecule has 0 saturated carbocycles. The summed E-state index contributed by atoms with van der Waals surface area (Å²) in [5, 5.41) is 12.9. The first-order chi connectivity index (χ1) is 9.08. The van der Waals surface area contributed by atoms with Gasteiger partial charge in [-0.25, -0.2) is 9.78 Å². The molecule has 0 saturated heterocycles. The maximum Gasteiger partial charge on any atom is 0.317 e. The van der Waals surface area contributed by atoms with E-state index >= 15 is 0 Å². The number of hydrogen-bond donors (Lipinski definition) is 2. The fraction of sp³-hybridized carbons (Fsp3) is 0.692. The van der Waals surface area contributed by atoms with Gasteiger partial charge < -0.3 is 15.3 Å². The third-order valence-corrected chi connectivity index (χ3v) is 3.91. The van der Waals surface area contributed by atoms with Gasteiger partial charge in [-0.15, -0.1) is 11.3 Å². The molecule has 19 heavy (non-hydrogen) atoms. The van der Waals surface area contributed by atoms with E-state index in [0.29, 0.717) is 19.6 Å². The van der Waals surface area contributed by atoms with E-state index in [1.54, 1.807) is 16.2 Å². The molecule has 0 fully saturated rings. The molecule has 5 nitrogen and oxygen atoms in total. The highest BCUT2D eigenvalue weighted by molar-refractivity contribution is 7.11. The summed E-state index contributed by atoms with van der Waals surface area (Å²) in [6.07, 6.45) is 1.70. The molecule has 1 heterocycles. The van der Waals surface area contributed by atoms with E-state index in [0.717, 1.165) is 23.5 Å². The smallest absolute Gasteiger partial charge is 0.317 e. The molecule has 108 valence electrons. The molecule has 0 aliphatic carbocycles. The molecule has 0 atom stereocenters. The Morgan fingerprint density at radius 2 is 2.16 bits per heavy atom. The van der Waals surface area contributed by atoms with Crippen LogP contribution in [-0.2, 0) is 6.42 Å². The highest BCUT2D eigenvalue weighted by atomic mass is 32.1. The summed E-state index contributed by atoms with van der Waals surface area (Å²) in [5.41, 5.74) is 1.05. The standard InChI is InChI=1S/C13H23N3O2S/c1-4-7-16(8-9-17)13(18)14-6-5-12-10(2)15-11(3)19-12/h17H,4-9H2,1-3H3,(H,14,18). The zero-order valence-corrected chi connectivity index (χ0v) is 12.7. The molecular weight excluding hydrogens is 262 g/mol. The van der Waals surface area contributed by atoms with Crippen LogP contribution in [0.1, 0.15) is 28.9 Å². The molecule has 1 rings (SSSR count). The van der Waals surface area contributed by atoms with Crippen LogP contribution in [0.3, 0.4) is 0 Å². The lowest BCUT2D eigenvalue weighted by molar-refractivity contribution is 0.177. The van der Waals surface area contributed by atoms with Crippen molar-refractivity contribution in [3.05, 3.63) is 15.6 Å². The highest BCUT2D eigenvalue weighted by Crippen LogP contribution is 2.17. The molecule has 0 aliphatic rings. The number of amides is 2. The predicted octanol–water partition coefficient (Wildman–Crippen LogP) is 1.72. The van der Waals surface area contributed by atoms with E-state index in [1.807, 2.05) is 20.8 Å². The summed E-state index contributed by atoms with van der Waals surface area (Å²) < 4.78 is 0. The van der Waals surface area contributed by atoms with Gasteiger partial charge in [0.1, 0.15) is 0 Å². The largest absolute Gasteiger partial charge is 0.395 e.